The zero-order valence-corrected chi connectivity index (χ0v) is 15.1. The average molecular weight is 356 g/mol. The summed E-state index contributed by atoms with van der Waals surface area (Å²) in [5.74, 6) is 0.696. The van der Waals surface area contributed by atoms with E-state index in [4.69, 9.17) is 21.1 Å². The first-order valence-corrected chi connectivity index (χ1v) is 8.65. The van der Waals surface area contributed by atoms with Crippen LogP contribution in [0.5, 0.6) is 5.75 Å². The number of nitrogens with one attached hydrogen (secondary N) is 2. The Kier molecular flexibility index (Phi) is 7.62. The third-order valence-electron chi connectivity index (χ3n) is 3.92. The molecule has 0 aliphatic carbocycles. The van der Waals surface area contributed by atoms with Crippen molar-refractivity contribution in [1.29, 1.82) is 0 Å². The molecular weight excluding hydrogens is 330 g/mol. The van der Waals surface area contributed by atoms with Crippen LogP contribution in [0.4, 0.5) is 4.79 Å². The van der Waals surface area contributed by atoms with Crippen molar-refractivity contribution in [3.63, 3.8) is 0 Å². The Morgan fingerprint density at radius 3 is 2.58 bits per heavy atom. The number of urea groups is 1. The highest BCUT2D eigenvalue weighted by Gasteiger charge is 2.09. The number of aryl methyl sites for hydroxylation is 2. The summed E-state index contributed by atoms with van der Waals surface area (Å²) in [6.07, 6.45) is 0.920. The minimum atomic E-state index is -0.223. The average Bonchev–Trinajstić information content (AvgIpc) is 2.57. The third kappa shape index (κ3) is 6.19. The summed E-state index contributed by atoms with van der Waals surface area (Å²) in [5, 5.41) is 6.26. The van der Waals surface area contributed by atoms with Gasteiger partial charge in [-0.25, -0.2) is 4.79 Å². The van der Waals surface area contributed by atoms with Crippen LogP contribution in [0.2, 0.25) is 5.02 Å². The van der Waals surface area contributed by atoms with Crippen LogP contribution >= 0.6 is 11.6 Å². The van der Waals surface area contributed by atoms with E-state index in [-0.39, 0.29) is 12.8 Å². The summed E-state index contributed by atoms with van der Waals surface area (Å²) in [5.41, 5.74) is 1.92. The molecule has 2 rings (SSSR count). The van der Waals surface area contributed by atoms with Crippen LogP contribution in [-0.2, 0) is 4.74 Å². The van der Waals surface area contributed by atoms with Crippen molar-refractivity contribution in [2.45, 2.75) is 20.3 Å². The molecule has 134 valence electrons. The van der Waals surface area contributed by atoms with Crippen LogP contribution in [0.25, 0.3) is 0 Å². The van der Waals surface area contributed by atoms with Crippen LogP contribution in [0.15, 0.2) is 12.1 Å². The summed E-state index contributed by atoms with van der Waals surface area (Å²) in [7, 11) is 0. The van der Waals surface area contributed by atoms with E-state index in [0.29, 0.717) is 12.3 Å². The molecule has 1 aromatic rings. The molecule has 1 aliphatic heterocycles. The number of hydrogen-bond donors (Lipinski definition) is 2. The second-order valence-electron chi connectivity index (χ2n) is 5.90. The summed E-state index contributed by atoms with van der Waals surface area (Å²) < 4.78 is 10.8. The molecule has 0 atom stereocenters. The maximum absolute atomic E-state index is 11.7. The van der Waals surface area contributed by atoms with Crippen molar-refractivity contribution in [2.24, 2.45) is 0 Å². The van der Waals surface area contributed by atoms with Gasteiger partial charge in [0.1, 0.15) is 5.75 Å². The Balaban J connectivity index is 1.58. The molecule has 1 aliphatic rings. The summed E-state index contributed by atoms with van der Waals surface area (Å²) in [4.78, 5) is 14.1. The summed E-state index contributed by atoms with van der Waals surface area (Å²) in [6.45, 7) is 9.14. The lowest BCUT2D eigenvalue weighted by Gasteiger charge is -2.26. The normalized spacial score (nSPS) is 15.1. The predicted molar refractivity (Wildman–Crippen MR) is 94.8 cm³/mol. The Bertz CT molecular complexity index is 525. The lowest BCUT2D eigenvalue weighted by molar-refractivity contribution is 0.0375. The fraction of sp³-hybridized carbons (Fsp3) is 0.588. The highest BCUT2D eigenvalue weighted by atomic mass is 35.5. The zero-order valence-electron chi connectivity index (χ0n) is 14.4. The molecule has 0 radical (unpaired) electrons. The summed E-state index contributed by atoms with van der Waals surface area (Å²) >= 11 is 6.12. The van der Waals surface area contributed by atoms with E-state index < -0.39 is 0 Å². The molecule has 24 heavy (non-hydrogen) atoms. The molecule has 7 heteroatoms. The van der Waals surface area contributed by atoms with Crippen molar-refractivity contribution in [3.05, 3.63) is 28.3 Å². The summed E-state index contributed by atoms with van der Waals surface area (Å²) in [6, 6.07) is 3.49. The second-order valence-corrected chi connectivity index (χ2v) is 6.28. The number of halogens is 1. The van der Waals surface area contributed by atoms with Crippen molar-refractivity contribution < 1.29 is 14.3 Å². The van der Waals surface area contributed by atoms with Crippen LogP contribution in [-0.4, -0.2) is 57.1 Å². The van der Waals surface area contributed by atoms with Gasteiger partial charge in [0, 0.05) is 24.7 Å². The molecule has 2 N–H and O–H groups in total. The van der Waals surface area contributed by atoms with E-state index in [0.717, 1.165) is 55.4 Å². The van der Waals surface area contributed by atoms with Crippen molar-refractivity contribution in [2.75, 3.05) is 46.1 Å². The number of nitrogens with zero attached hydrogens (tertiary/aromatic N) is 1. The third-order valence-corrected chi connectivity index (χ3v) is 4.52. The van der Waals surface area contributed by atoms with E-state index in [2.05, 4.69) is 15.5 Å². The van der Waals surface area contributed by atoms with Gasteiger partial charge in [-0.05, 0) is 50.1 Å². The van der Waals surface area contributed by atoms with Crippen molar-refractivity contribution in [1.82, 2.24) is 15.5 Å². The van der Waals surface area contributed by atoms with Gasteiger partial charge in [0.05, 0.1) is 13.2 Å². The number of carbonyl (C=O) groups is 1. The topological polar surface area (TPSA) is 62.8 Å². The Labute approximate surface area is 148 Å². The number of hydrogen-bond acceptors (Lipinski definition) is 4. The number of amides is 2. The Morgan fingerprint density at radius 2 is 1.92 bits per heavy atom. The van der Waals surface area contributed by atoms with Gasteiger partial charge >= 0.3 is 6.03 Å². The number of morpholine rings is 1. The van der Waals surface area contributed by atoms with Gasteiger partial charge in [-0.1, -0.05) is 11.6 Å². The number of rotatable bonds is 7. The van der Waals surface area contributed by atoms with Crippen LogP contribution in [0, 0.1) is 13.8 Å². The van der Waals surface area contributed by atoms with Gasteiger partial charge in [-0.2, -0.15) is 0 Å². The van der Waals surface area contributed by atoms with Crippen molar-refractivity contribution in [3.8, 4) is 5.75 Å². The van der Waals surface area contributed by atoms with Gasteiger partial charge in [-0.15, -0.1) is 0 Å². The molecule has 1 saturated heterocycles. The minimum Gasteiger partial charge on any atom is -0.473 e. The number of carbonyl (C=O) groups excluding carboxylic acids is 1. The number of benzene rings is 1. The molecule has 1 aromatic carbocycles. The van der Waals surface area contributed by atoms with Gasteiger partial charge in [0.2, 0.25) is 0 Å². The molecule has 0 aromatic heterocycles. The smallest absolute Gasteiger partial charge is 0.317 e. The van der Waals surface area contributed by atoms with Gasteiger partial charge in [0.15, 0.2) is 6.73 Å². The quantitative estimate of drug-likeness (QED) is 0.582. The molecule has 0 saturated carbocycles. The highest BCUT2D eigenvalue weighted by Crippen LogP contribution is 2.25. The molecule has 1 fully saturated rings. The lowest BCUT2D eigenvalue weighted by atomic mass is 10.1. The van der Waals surface area contributed by atoms with Gasteiger partial charge in [0.25, 0.3) is 0 Å². The monoisotopic (exact) mass is 355 g/mol. The van der Waals surface area contributed by atoms with E-state index in [9.17, 15) is 4.79 Å². The minimum absolute atomic E-state index is 0.121. The molecule has 0 unspecified atom stereocenters. The molecule has 1 heterocycles. The van der Waals surface area contributed by atoms with Gasteiger partial charge < -0.3 is 20.1 Å². The SMILES string of the molecule is Cc1cc(OCNC(=O)NCCCN2CCOCC2)cc(C)c1Cl. The molecule has 6 nitrogen and oxygen atoms in total. The van der Waals surface area contributed by atoms with E-state index in [1.165, 1.54) is 0 Å². The van der Waals surface area contributed by atoms with E-state index >= 15 is 0 Å². The van der Waals surface area contributed by atoms with Crippen LogP contribution < -0.4 is 15.4 Å². The number of ether oxygens (including phenoxy) is 2. The maximum Gasteiger partial charge on any atom is 0.317 e. The fourth-order valence-electron chi connectivity index (χ4n) is 2.57. The standard InChI is InChI=1S/C17H26ClN3O3/c1-13-10-15(11-14(2)16(13)18)24-12-20-17(22)19-4-3-5-21-6-8-23-9-7-21/h10-11H,3-9,12H2,1-2H3,(H2,19,20,22). The molecular formula is C17H26ClN3O3. The highest BCUT2D eigenvalue weighted by molar-refractivity contribution is 6.32. The second kappa shape index (κ2) is 9.71. The Hall–Kier alpha value is -1.50. The van der Waals surface area contributed by atoms with E-state index in [1.54, 1.807) is 0 Å². The predicted octanol–water partition coefficient (Wildman–Crippen LogP) is 2.31. The molecule has 2 amide bonds. The van der Waals surface area contributed by atoms with E-state index in [1.807, 2.05) is 26.0 Å². The largest absolute Gasteiger partial charge is 0.473 e. The van der Waals surface area contributed by atoms with Crippen molar-refractivity contribution >= 4 is 17.6 Å². The first kappa shape index (κ1) is 18.8. The first-order chi connectivity index (χ1) is 11.6. The van der Waals surface area contributed by atoms with Gasteiger partial charge in [-0.3, -0.25) is 4.90 Å². The lowest BCUT2D eigenvalue weighted by Crippen LogP contribution is -2.40. The first-order valence-electron chi connectivity index (χ1n) is 8.27. The zero-order chi connectivity index (χ0) is 17.4. The van der Waals surface area contributed by atoms with Crippen LogP contribution in [0.1, 0.15) is 17.5 Å². The fourth-order valence-corrected chi connectivity index (χ4v) is 2.68. The Morgan fingerprint density at radius 1 is 1.25 bits per heavy atom. The van der Waals surface area contributed by atoms with Crippen LogP contribution in [0.3, 0.4) is 0 Å². The molecule has 0 spiro atoms. The molecule has 0 bridgehead atoms. The maximum atomic E-state index is 11.7.